The number of allylic oxidation sites excluding steroid dienone is 1. The number of likely N-dealkylation sites (tertiary alicyclic amines) is 1. The van der Waals surface area contributed by atoms with Crippen LogP contribution in [0.2, 0.25) is 0 Å². The Hall–Kier alpha value is -3.87. The Labute approximate surface area is 276 Å². The van der Waals surface area contributed by atoms with Crippen LogP contribution in [0, 0.1) is 0 Å². The molecule has 0 radical (unpaired) electrons. The number of nitrogens with one attached hydrogen (secondary N) is 1. The van der Waals surface area contributed by atoms with Gasteiger partial charge in [-0.15, -0.1) is 6.58 Å². The lowest BCUT2D eigenvalue weighted by Crippen LogP contribution is -2.53. The van der Waals surface area contributed by atoms with Gasteiger partial charge in [-0.05, 0) is 44.7 Å². The van der Waals surface area contributed by atoms with Crippen molar-refractivity contribution in [3.05, 3.63) is 67.3 Å². The summed E-state index contributed by atoms with van der Waals surface area (Å²) in [6.45, 7) is 6.01. The predicted molar refractivity (Wildman–Crippen MR) is 179 cm³/mol. The maximum Gasteiger partial charge on any atom is 0.410 e. The highest BCUT2D eigenvalue weighted by molar-refractivity contribution is 14.1. The molecule has 3 aromatic rings. The van der Waals surface area contributed by atoms with Crippen molar-refractivity contribution in [1.29, 1.82) is 0 Å². The summed E-state index contributed by atoms with van der Waals surface area (Å²) < 4.78 is 22.8. The number of hydrogen-bond acceptors (Lipinski definition) is 8. The first-order valence-electron chi connectivity index (χ1n) is 15.2. The van der Waals surface area contributed by atoms with E-state index in [0.29, 0.717) is 35.6 Å². The van der Waals surface area contributed by atoms with E-state index < -0.39 is 35.7 Å². The molecular weight excluding hydrogens is 689 g/mol. The summed E-state index contributed by atoms with van der Waals surface area (Å²) in [4.78, 5) is 46.1. The highest BCUT2D eigenvalue weighted by Crippen LogP contribution is 2.44. The summed E-state index contributed by atoms with van der Waals surface area (Å²) in [6, 6.07) is 16.3. The van der Waals surface area contributed by atoms with Gasteiger partial charge in [0.15, 0.2) is 5.54 Å². The fraction of sp³-hybridized carbons (Fsp3) is 0.412. The van der Waals surface area contributed by atoms with E-state index >= 15 is 0 Å². The van der Waals surface area contributed by atoms with Crippen LogP contribution in [0.4, 0.5) is 4.79 Å². The van der Waals surface area contributed by atoms with Crippen molar-refractivity contribution >= 4 is 51.5 Å². The van der Waals surface area contributed by atoms with Crippen molar-refractivity contribution in [2.75, 3.05) is 26.9 Å². The second kappa shape index (κ2) is 14.5. The summed E-state index contributed by atoms with van der Waals surface area (Å²) in [6.07, 6.45) is 3.72. The number of esters is 1. The molecule has 1 aromatic heterocycles. The summed E-state index contributed by atoms with van der Waals surface area (Å²) in [5.41, 5.74) is 1.22. The first kappa shape index (κ1) is 32.5. The fourth-order valence-corrected chi connectivity index (χ4v) is 6.59. The molecule has 1 aliphatic carbocycles. The van der Waals surface area contributed by atoms with Crippen molar-refractivity contribution in [1.82, 2.24) is 15.2 Å². The van der Waals surface area contributed by atoms with Gasteiger partial charge in [0.2, 0.25) is 5.91 Å². The minimum atomic E-state index is -1.10. The number of rotatable bonds is 13. The summed E-state index contributed by atoms with van der Waals surface area (Å²) in [7, 11) is 1.60. The van der Waals surface area contributed by atoms with Crippen LogP contribution in [0.5, 0.6) is 11.5 Å². The molecule has 4 atom stereocenters. The van der Waals surface area contributed by atoms with Gasteiger partial charge in [-0.3, -0.25) is 9.69 Å². The average Bonchev–Trinajstić information content (AvgIpc) is 3.50. The Morgan fingerprint density at radius 2 is 1.91 bits per heavy atom. The van der Waals surface area contributed by atoms with Gasteiger partial charge in [0, 0.05) is 33.4 Å². The quantitative estimate of drug-likeness (QED) is 0.0767. The largest absolute Gasteiger partial charge is 0.497 e. The number of aromatic nitrogens is 1. The smallest absolute Gasteiger partial charge is 0.410 e. The molecule has 2 amide bonds. The monoisotopic (exact) mass is 727 g/mol. The summed E-state index contributed by atoms with van der Waals surface area (Å²) in [5.74, 6) is 0.330. The Morgan fingerprint density at radius 1 is 1.13 bits per heavy atom. The standard InChI is InChI=1S/C34H38IN3O7/c1-4-6-7-11-16-44-33(41)38-21-24(18-28(38)31(39)37-34(20-30(34)35)32(40)43-5-2)45-29-19-26(22-12-9-8-10-13-22)36-27-17-23(42-3)14-15-25(27)29/h4,8-10,12-15,17,19,24,28,30H,1,5-7,11,16,18,20-21H2,2-3H3,(H,37,39)/t24-,28+,30-,34-/m1/s1. The number of fused-ring (bicyclic) bond motifs is 1. The number of hydrogen-bond donors (Lipinski definition) is 1. The molecule has 1 N–H and O–H groups in total. The molecule has 2 fully saturated rings. The molecule has 11 heteroatoms. The minimum absolute atomic E-state index is 0.103. The molecule has 238 valence electrons. The van der Waals surface area contributed by atoms with E-state index in [1.54, 1.807) is 14.0 Å². The van der Waals surface area contributed by atoms with E-state index in [1.165, 1.54) is 4.90 Å². The zero-order chi connectivity index (χ0) is 32.0. The third-order valence-corrected chi connectivity index (χ3v) is 9.54. The van der Waals surface area contributed by atoms with Gasteiger partial charge in [-0.25, -0.2) is 14.6 Å². The Kier molecular flexibility index (Phi) is 10.5. The lowest BCUT2D eigenvalue weighted by Gasteiger charge is -2.25. The van der Waals surface area contributed by atoms with Crippen LogP contribution in [0.15, 0.2) is 67.3 Å². The highest BCUT2D eigenvalue weighted by atomic mass is 127. The second-order valence-electron chi connectivity index (χ2n) is 11.2. The number of amides is 2. The minimum Gasteiger partial charge on any atom is -0.497 e. The van der Waals surface area contributed by atoms with E-state index in [2.05, 4.69) is 34.5 Å². The van der Waals surface area contributed by atoms with Gasteiger partial charge in [0.1, 0.15) is 23.6 Å². The van der Waals surface area contributed by atoms with Gasteiger partial charge in [-0.2, -0.15) is 0 Å². The van der Waals surface area contributed by atoms with Gasteiger partial charge in [0.25, 0.3) is 0 Å². The summed E-state index contributed by atoms with van der Waals surface area (Å²) in [5, 5.41) is 3.68. The van der Waals surface area contributed by atoms with Gasteiger partial charge in [0.05, 0.1) is 38.1 Å². The predicted octanol–water partition coefficient (Wildman–Crippen LogP) is 5.85. The normalized spacial score (nSPS) is 22.0. The van der Waals surface area contributed by atoms with Crippen molar-refractivity contribution in [3.8, 4) is 22.8 Å². The van der Waals surface area contributed by atoms with Gasteiger partial charge < -0.3 is 24.3 Å². The molecule has 2 heterocycles. The number of carbonyl (C=O) groups excluding carboxylic acids is 3. The van der Waals surface area contributed by atoms with Crippen LogP contribution in [0.1, 0.15) is 39.0 Å². The van der Waals surface area contributed by atoms with E-state index in [4.69, 9.17) is 23.9 Å². The Balaban J connectivity index is 1.41. The molecule has 0 spiro atoms. The topological polar surface area (TPSA) is 116 Å². The number of methoxy groups -OCH3 is 1. The molecule has 1 saturated heterocycles. The van der Waals surface area contributed by atoms with E-state index in [0.717, 1.165) is 23.8 Å². The van der Waals surface area contributed by atoms with Crippen LogP contribution in [0.25, 0.3) is 22.2 Å². The number of nitrogens with zero attached hydrogens (tertiary/aromatic N) is 2. The Morgan fingerprint density at radius 3 is 2.60 bits per heavy atom. The van der Waals surface area contributed by atoms with Gasteiger partial charge in [-0.1, -0.05) is 59.0 Å². The molecular formula is C34H38IN3O7. The van der Waals surface area contributed by atoms with Crippen LogP contribution >= 0.6 is 22.6 Å². The van der Waals surface area contributed by atoms with Crippen LogP contribution in [-0.4, -0.2) is 76.3 Å². The van der Waals surface area contributed by atoms with Crippen LogP contribution < -0.4 is 14.8 Å². The summed E-state index contributed by atoms with van der Waals surface area (Å²) >= 11 is 2.14. The van der Waals surface area contributed by atoms with E-state index in [1.807, 2.05) is 60.7 Å². The molecule has 2 aromatic carbocycles. The SMILES string of the molecule is C=CCCCCOC(=O)N1C[C@H](Oc2cc(-c3ccccc3)nc3cc(OC)ccc23)C[C@H]1C(=O)N[C@]1(C(=O)OCC)C[C@H]1I. The first-order chi connectivity index (χ1) is 21.8. The maximum atomic E-state index is 13.7. The lowest BCUT2D eigenvalue weighted by molar-refractivity contribution is -0.149. The number of pyridine rings is 1. The number of unbranched alkanes of at least 4 members (excludes halogenated alkanes) is 2. The van der Waals surface area contributed by atoms with Crippen LogP contribution in [0.3, 0.4) is 0 Å². The first-order valence-corrected chi connectivity index (χ1v) is 16.4. The van der Waals surface area contributed by atoms with E-state index in [-0.39, 0.29) is 30.1 Å². The zero-order valence-electron chi connectivity index (χ0n) is 25.5. The number of ether oxygens (including phenoxy) is 4. The highest BCUT2D eigenvalue weighted by Gasteiger charge is 2.62. The van der Waals surface area contributed by atoms with Crippen molar-refractivity contribution in [2.24, 2.45) is 0 Å². The third kappa shape index (κ3) is 7.34. The van der Waals surface area contributed by atoms with Gasteiger partial charge >= 0.3 is 12.1 Å². The fourth-order valence-electron chi connectivity index (χ4n) is 5.48. The van der Waals surface area contributed by atoms with Crippen LogP contribution in [-0.2, 0) is 19.1 Å². The number of alkyl halides is 1. The molecule has 45 heavy (non-hydrogen) atoms. The zero-order valence-corrected chi connectivity index (χ0v) is 27.7. The van der Waals surface area contributed by atoms with Crippen molar-refractivity contribution in [2.45, 2.75) is 60.6 Å². The maximum absolute atomic E-state index is 13.7. The van der Waals surface area contributed by atoms with E-state index in [9.17, 15) is 14.4 Å². The molecule has 0 unspecified atom stereocenters. The molecule has 5 rings (SSSR count). The molecule has 10 nitrogen and oxygen atoms in total. The molecule has 2 aliphatic rings. The molecule has 1 saturated carbocycles. The Bertz CT molecular complexity index is 1550. The lowest BCUT2D eigenvalue weighted by atomic mass is 10.1. The number of halogens is 1. The second-order valence-corrected chi connectivity index (χ2v) is 12.7. The van der Waals surface area contributed by atoms with Crippen molar-refractivity contribution in [3.63, 3.8) is 0 Å². The average molecular weight is 728 g/mol. The molecule has 1 aliphatic heterocycles. The van der Waals surface area contributed by atoms with Crippen molar-refractivity contribution < 1.29 is 33.3 Å². The third-order valence-electron chi connectivity index (χ3n) is 8.03. The number of carbonyl (C=O) groups is 3. The number of benzene rings is 2. The molecule has 0 bridgehead atoms.